The highest BCUT2D eigenvalue weighted by molar-refractivity contribution is 5.93. The molecule has 0 bridgehead atoms. The molecule has 0 aromatic carbocycles. The summed E-state index contributed by atoms with van der Waals surface area (Å²) < 4.78 is 1.93. The zero-order chi connectivity index (χ0) is 11.5. The number of rotatable bonds is 5. The maximum absolute atomic E-state index is 11.9. The van der Waals surface area contributed by atoms with Crippen LogP contribution in [-0.4, -0.2) is 17.0 Å². The minimum atomic E-state index is -0.00273. The molecule has 1 heterocycles. The highest BCUT2D eigenvalue weighted by Gasteiger charge is 2.22. The number of aryl methyl sites for hydroxylation is 1. The molecule has 1 fully saturated rings. The molecule has 1 amide bonds. The van der Waals surface area contributed by atoms with E-state index in [0.29, 0.717) is 17.3 Å². The predicted molar refractivity (Wildman–Crippen MR) is 64.2 cm³/mol. The van der Waals surface area contributed by atoms with Crippen LogP contribution >= 0.6 is 0 Å². The summed E-state index contributed by atoms with van der Waals surface area (Å²) in [6.07, 6.45) is 5.32. The van der Waals surface area contributed by atoms with Crippen molar-refractivity contribution < 1.29 is 4.79 Å². The first kappa shape index (κ1) is 11.0. The molecule has 0 spiro atoms. The number of aromatic nitrogens is 1. The summed E-state index contributed by atoms with van der Waals surface area (Å²) in [6, 6.07) is 1.75. The molecule has 1 aliphatic rings. The molecule has 0 unspecified atom stereocenters. The van der Waals surface area contributed by atoms with Crippen LogP contribution in [0.5, 0.6) is 0 Å². The van der Waals surface area contributed by atoms with Crippen molar-refractivity contribution >= 4 is 11.6 Å². The third kappa shape index (κ3) is 2.56. The van der Waals surface area contributed by atoms with E-state index in [4.69, 9.17) is 5.73 Å². The second kappa shape index (κ2) is 4.60. The van der Waals surface area contributed by atoms with Gasteiger partial charge in [-0.2, -0.15) is 0 Å². The Bertz CT molecular complexity index is 380. The summed E-state index contributed by atoms with van der Waals surface area (Å²) >= 11 is 0. The molecule has 0 atom stereocenters. The Morgan fingerprint density at radius 1 is 1.62 bits per heavy atom. The van der Waals surface area contributed by atoms with Crippen LogP contribution in [0.1, 0.15) is 36.7 Å². The van der Waals surface area contributed by atoms with Gasteiger partial charge in [0.15, 0.2) is 0 Å². The number of nitrogens with one attached hydrogen (secondary N) is 1. The first-order valence-electron chi connectivity index (χ1n) is 5.94. The van der Waals surface area contributed by atoms with E-state index in [0.717, 1.165) is 19.5 Å². The van der Waals surface area contributed by atoms with Gasteiger partial charge in [0.2, 0.25) is 0 Å². The Labute approximate surface area is 95.8 Å². The van der Waals surface area contributed by atoms with Crippen LogP contribution in [-0.2, 0) is 6.54 Å². The number of nitrogens with two attached hydrogens (primary N) is 1. The number of nitrogens with zero attached hydrogens (tertiary/aromatic N) is 1. The van der Waals surface area contributed by atoms with Gasteiger partial charge in [-0.15, -0.1) is 0 Å². The lowest BCUT2D eigenvalue weighted by molar-refractivity contribution is 0.0942. The maximum atomic E-state index is 11.9. The molecule has 88 valence electrons. The average molecular weight is 221 g/mol. The number of amides is 1. The van der Waals surface area contributed by atoms with Crippen molar-refractivity contribution in [1.82, 2.24) is 9.88 Å². The van der Waals surface area contributed by atoms with E-state index in [2.05, 4.69) is 12.2 Å². The lowest BCUT2D eigenvalue weighted by Crippen LogP contribution is -2.27. The summed E-state index contributed by atoms with van der Waals surface area (Å²) in [5.74, 6) is 0.702. The number of carbonyl (C=O) groups excluding carboxylic acids is 1. The van der Waals surface area contributed by atoms with Gasteiger partial charge in [-0.3, -0.25) is 4.79 Å². The zero-order valence-corrected chi connectivity index (χ0v) is 9.70. The van der Waals surface area contributed by atoms with Gasteiger partial charge in [-0.25, -0.2) is 0 Å². The highest BCUT2D eigenvalue weighted by Crippen LogP contribution is 2.27. The van der Waals surface area contributed by atoms with Gasteiger partial charge in [0.25, 0.3) is 5.91 Å². The molecule has 4 heteroatoms. The smallest absolute Gasteiger partial charge is 0.267 e. The van der Waals surface area contributed by atoms with Gasteiger partial charge >= 0.3 is 0 Å². The molecule has 1 saturated carbocycles. The van der Waals surface area contributed by atoms with Crippen LogP contribution in [0.4, 0.5) is 5.69 Å². The van der Waals surface area contributed by atoms with Gasteiger partial charge in [-0.1, -0.05) is 6.92 Å². The number of hydrogen-bond donors (Lipinski definition) is 2. The van der Waals surface area contributed by atoms with Crippen molar-refractivity contribution in [2.45, 2.75) is 32.7 Å². The average Bonchev–Trinajstić information content (AvgIpc) is 3.00. The van der Waals surface area contributed by atoms with Crippen LogP contribution in [0, 0.1) is 5.92 Å². The quantitative estimate of drug-likeness (QED) is 0.793. The normalized spacial score (nSPS) is 15.1. The van der Waals surface area contributed by atoms with E-state index in [1.807, 2.05) is 10.8 Å². The third-order valence-electron chi connectivity index (χ3n) is 2.86. The summed E-state index contributed by atoms with van der Waals surface area (Å²) in [7, 11) is 0. The van der Waals surface area contributed by atoms with E-state index >= 15 is 0 Å². The molecular weight excluding hydrogens is 202 g/mol. The van der Waals surface area contributed by atoms with E-state index in [1.54, 1.807) is 6.07 Å². The van der Waals surface area contributed by atoms with Crippen molar-refractivity contribution in [3.8, 4) is 0 Å². The number of nitrogen functional groups attached to an aromatic ring is 1. The van der Waals surface area contributed by atoms with Crippen molar-refractivity contribution in [2.75, 3.05) is 12.3 Å². The number of hydrogen-bond acceptors (Lipinski definition) is 2. The Morgan fingerprint density at radius 2 is 2.38 bits per heavy atom. The van der Waals surface area contributed by atoms with Gasteiger partial charge in [0.05, 0.1) is 5.69 Å². The van der Waals surface area contributed by atoms with Gasteiger partial charge < -0.3 is 15.6 Å². The summed E-state index contributed by atoms with van der Waals surface area (Å²) in [5, 5.41) is 2.96. The van der Waals surface area contributed by atoms with Gasteiger partial charge in [0.1, 0.15) is 5.69 Å². The fraction of sp³-hybridized carbons (Fsp3) is 0.583. The van der Waals surface area contributed by atoms with E-state index < -0.39 is 0 Å². The van der Waals surface area contributed by atoms with E-state index in [9.17, 15) is 4.79 Å². The fourth-order valence-electron chi connectivity index (χ4n) is 1.80. The van der Waals surface area contributed by atoms with E-state index in [1.165, 1.54) is 12.8 Å². The number of anilines is 1. The summed E-state index contributed by atoms with van der Waals surface area (Å²) in [5.41, 5.74) is 7.05. The summed E-state index contributed by atoms with van der Waals surface area (Å²) in [6.45, 7) is 3.72. The van der Waals surface area contributed by atoms with Crippen molar-refractivity contribution in [2.24, 2.45) is 5.92 Å². The molecule has 3 N–H and O–H groups in total. The van der Waals surface area contributed by atoms with Crippen LogP contribution < -0.4 is 11.1 Å². The van der Waals surface area contributed by atoms with Crippen molar-refractivity contribution in [1.29, 1.82) is 0 Å². The van der Waals surface area contributed by atoms with Crippen LogP contribution in [0.25, 0.3) is 0 Å². The SMILES string of the molecule is CCCn1cc(N)cc1C(=O)NCC1CC1. The Morgan fingerprint density at radius 3 is 3.00 bits per heavy atom. The standard InChI is InChI=1S/C12H19N3O/c1-2-5-15-8-10(13)6-11(15)12(16)14-7-9-3-4-9/h6,8-9H,2-5,7,13H2,1H3,(H,14,16). The molecule has 1 aromatic heterocycles. The Kier molecular flexibility index (Phi) is 3.17. The summed E-state index contributed by atoms with van der Waals surface area (Å²) in [4.78, 5) is 11.9. The largest absolute Gasteiger partial charge is 0.397 e. The lowest BCUT2D eigenvalue weighted by Gasteiger charge is -2.07. The molecule has 2 rings (SSSR count). The molecule has 4 nitrogen and oxygen atoms in total. The van der Waals surface area contributed by atoms with Crippen molar-refractivity contribution in [3.05, 3.63) is 18.0 Å². The minimum Gasteiger partial charge on any atom is -0.397 e. The monoisotopic (exact) mass is 221 g/mol. The number of carbonyl (C=O) groups is 1. The van der Waals surface area contributed by atoms with E-state index in [-0.39, 0.29) is 5.91 Å². The zero-order valence-electron chi connectivity index (χ0n) is 9.70. The Balaban J connectivity index is 2.01. The van der Waals surface area contributed by atoms with Gasteiger partial charge in [-0.05, 0) is 31.2 Å². The highest BCUT2D eigenvalue weighted by atomic mass is 16.1. The third-order valence-corrected chi connectivity index (χ3v) is 2.86. The van der Waals surface area contributed by atoms with Gasteiger partial charge in [0, 0.05) is 19.3 Å². The Hall–Kier alpha value is -1.45. The molecule has 0 aliphatic heterocycles. The second-order valence-electron chi connectivity index (χ2n) is 4.51. The van der Waals surface area contributed by atoms with Crippen LogP contribution in [0.3, 0.4) is 0 Å². The lowest BCUT2D eigenvalue weighted by atomic mass is 10.3. The molecule has 1 aliphatic carbocycles. The van der Waals surface area contributed by atoms with Crippen LogP contribution in [0.2, 0.25) is 0 Å². The first-order valence-corrected chi connectivity index (χ1v) is 5.94. The van der Waals surface area contributed by atoms with Crippen molar-refractivity contribution in [3.63, 3.8) is 0 Å². The first-order chi connectivity index (χ1) is 7.70. The molecule has 0 saturated heterocycles. The predicted octanol–water partition coefficient (Wildman–Crippen LogP) is 1.62. The molecule has 16 heavy (non-hydrogen) atoms. The fourth-order valence-corrected chi connectivity index (χ4v) is 1.80. The van der Waals surface area contributed by atoms with Crippen LogP contribution in [0.15, 0.2) is 12.3 Å². The minimum absolute atomic E-state index is 0.00273. The molecule has 1 aromatic rings. The molecular formula is C12H19N3O. The second-order valence-corrected chi connectivity index (χ2v) is 4.51. The topological polar surface area (TPSA) is 60.0 Å². The maximum Gasteiger partial charge on any atom is 0.267 e. The molecule has 0 radical (unpaired) electrons.